The summed E-state index contributed by atoms with van der Waals surface area (Å²) in [6.07, 6.45) is 2.06. The molecule has 1 amide bonds. The molecule has 0 spiro atoms. The molecular weight excluding hydrogens is 252 g/mol. The van der Waals surface area contributed by atoms with Gasteiger partial charge >= 0.3 is 0 Å². The molecule has 20 heavy (non-hydrogen) atoms. The number of likely N-dealkylation sites (tertiary alicyclic amines) is 1. The van der Waals surface area contributed by atoms with Gasteiger partial charge in [0.25, 0.3) is 0 Å². The largest absolute Gasteiger partial charge is 0.369 e. The lowest BCUT2D eigenvalue weighted by atomic mass is 10.0. The normalized spacial score (nSPS) is 16.8. The van der Waals surface area contributed by atoms with Crippen LogP contribution >= 0.6 is 0 Å². The van der Waals surface area contributed by atoms with Crippen molar-refractivity contribution in [1.82, 2.24) is 10.2 Å². The van der Waals surface area contributed by atoms with Gasteiger partial charge < -0.3 is 11.1 Å². The van der Waals surface area contributed by atoms with Crippen LogP contribution in [0.5, 0.6) is 0 Å². The highest BCUT2D eigenvalue weighted by molar-refractivity contribution is 5.75. The van der Waals surface area contributed by atoms with Crippen LogP contribution in [0.4, 0.5) is 0 Å². The van der Waals surface area contributed by atoms with Gasteiger partial charge in [0.1, 0.15) is 0 Å². The van der Waals surface area contributed by atoms with Gasteiger partial charge in [0.15, 0.2) is 0 Å². The monoisotopic (exact) mass is 272 g/mol. The number of rotatable bonds is 5. The average molecular weight is 272 g/mol. The molecule has 106 valence electrons. The summed E-state index contributed by atoms with van der Waals surface area (Å²) < 4.78 is 0. The first kappa shape index (κ1) is 14.5. The Balaban J connectivity index is 1.73. The topological polar surface area (TPSA) is 82.2 Å². The number of nitrogens with two attached hydrogens (primary N) is 1. The molecule has 1 fully saturated rings. The van der Waals surface area contributed by atoms with Crippen LogP contribution in [0.2, 0.25) is 0 Å². The summed E-state index contributed by atoms with van der Waals surface area (Å²) in [5.74, 6) is -0.256. The van der Waals surface area contributed by atoms with Crippen LogP contribution in [-0.4, -0.2) is 36.5 Å². The van der Waals surface area contributed by atoms with E-state index in [0.717, 1.165) is 32.5 Å². The maximum absolute atomic E-state index is 10.9. The molecule has 0 radical (unpaired) electrons. The van der Waals surface area contributed by atoms with Crippen molar-refractivity contribution in [3.8, 4) is 6.07 Å². The van der Waals surface area contributed by atoms with Crippen LogP contribution in [0.25, 0.3) is 0 Å². The Morgan fingerprint density at radius 2 is 2.00 bits per heavy atom. The van der Waals surface area contributed by atoms with Gasteiger partial charge in [-0.05, 0) is 30.5 Å². The second-order valence-corrected chi connectivity index (χ2v) is 5.21. The maximum atomic E-state index is 10.9. The smallest absolute Gasteiger partial charge is 0.231 e. The van der Waals surface area contributed by atoms with E-state index in [-0.39, 0.29) is 5.91 Å². The zero-order valence-corrected chi connectivity index (χ0v) is 11.5. The third-order valence-electron chi connectivity index (χ3n) is 3.64. The van der Waals surface area contributed by atoms with E-state index in [1.165, 1.54) is 5.56 Å². The van der Waals surface area contributed by atoms with Crippen LogP contribution in [0.1, 0.15) is 24.0 Å². The summed E-state index contributed by atoms with van der Waals surface area (Å²) in [5.41, 5.74) is 7.07. The highest BCUT2D eigenvalue weighted by Crippen LogP contribution is 2.11. The maximum Gasteiger partial charge on any atom is 0.231 e. The predicted octanol–water partition coefficient (Wildman–Crippen LogP) is 0.598. The highest BCUT2D eigenvalue weighted by atomic mass is 16.1. The molecule has 5 nitrogen and oxygen atoms in total. The van der Waals surface area contributed by atoms with Gasteiger partial charge in [-0.2, -0.15) is 5.26 Å². The molecule has 0 saturated carbocycles. The molecular formula is C15H20N4O. The summed E-state index contributed by atoms with van der Waals surface area (Å²) in [5, 5.41) is 12.3. The van der Waals surface area contributed by atoms with Crippen LogP contribution in [0.3, 0.4) is 0 Å². The summed E-state index contributed by atoms with van der Waals surface area (Å²) in [6.45, 7) is 3.00. The first-order valence-corrected chi connectivity index (χ1v) is 6.90. The third kappa shape index (κ3) is 4.34. The fraction of sp³-hybridized carbons (Fsp3) is 0.467. The Bertz CT molecular complexity index is 484. The van der Waals surface area contributed by atoms with Crippen molar-refractivity contribution in [2.75, 3.05) is 19.6 Å². The van der Waals surface area contributed by atoms with Gasteiger partial charge in [0.05, 0.1) is 18.2 Å². The molecule has 2 rings (SSSR count). The van der Waals surface area contributed by atoms with E-state index in [4.69, 9.17) is 11.0 Å². The number of carbonyl (C=O) groups excluding carboxylic acids is 1. The minimum atomic E-state index is -0.256. The quantitative estimate of drug-likeness (QED) is 0.822. The van der Waals surface area contributed by atoms with Crippen molar-refractivity contribution >= 4 is 5.91 Å². The van der Waals surface area contributed by atoms with Crippen LogP contribution in [0, 0.1) is 11.3 Å². The second-order valence-electron chi connectivity index (χ2n) is 5.21. The van der Waals surface area contributed by atoms with Gasteiger partial charge in [-0.1, -0.05) is 12.1 Å². The number of nitrogens with zero attached hydrogens (tertiary/aromatic N) is 2. The third-order valence-corrected chi connectivity index (χ3v) is 3.64. The van der Waals surface area contributed by atoms with Crippen molar-refractivity contribution in [3.63, 3.8) is 0 Å². The Morgan fingerprint density at radius 3 is 2.55 bits per heavy atom. The molecule has 5 heteroatoms. The van der Waals surface area contributed by atoms with Gasteiger partial charge in [-0.15, -0.1) is 0 Å². The lowest BCUT2D eigenvalue weighted by Gasteiger charge is -2.31. The minimum Gasteiger partial charge on any atom is -0.369 e. The number of hydrogen-bond acceptors (Lipinski definition) is 4. The number of amides is 1. The minimum absolute atomic E-state index is 0.256. The lowest BCUT2D eigenvalue weighted by molar-refractivity contribution is -0.119. The van der Waals surface area contributed by atoms with Gasteiger partial charge in [0, 0.05) is 25.7 Å². The van der Waals surface area contributed by atoms with E-state index in [0.29, 0.717) is 18.2 Å². The first-order valence-electron chi connectivity index (χ1n) is 6.90. The van der Waals surface area contributed by atoms with Gasteiger partial charge in [0.2, 0.25) is 5.91 Å². The Morgan fingerprint density at radius 1 is 1.35 bits per heavy atom. The fourth-order valence-electron chi connectivity index (χ4n) is 2.47. The molecule has 0 unspecified atom stereocenters. The molecule has 0 aliphatic carbocycles. The van der Waals surface area contributed by atoms with Gasteiger partial charge in [-0.3, -0.25) is 9.69 Å². The van der Waals surface area contributed by atoms with Crippen molar-refractivity contribution < 1.29 is 4.79 Å². The van der Waals surface area contributed by atoms with Gasteiger partial charge in [-0.25, -0.2) is 0 Å². The molecule has 0 bridgehead atoms. The molecule has 1 saturated heterocycles. The zero-order chi connectivity index (χ0) is 14.4. The molecule has 1 heterocycles. The van der Waals surface area contributed by atoms with Crippen molar-refractivity contribution in [1.29, 1.82) is 5.26 Å². The molecule has 1 aliphatic rings. The van der Waals surface area contributed by atoms with E-state index in [9.17, 15) is 4.79 Å². The molecule has 0 atom stereocenters. The summed E-state index contributed by atoms with van der Waals surface area (Å²) in [6, 6.07) is 10.2. The summed E-state index contributed by atoms with van der Waals surface area (Å²) >= 11 is 0. The van der Waals surface area contributed by atoms with E-state index in [1.54, 1.807) is 0 Å². The number of nitriles is 1. The molecule has 0 aromatic heterocycles. The SMILES string of the molecule is N#Cc1ccc(CNC2CCN(CC(N)=O)CC2)cc1. The zero-order valence-electron chi connectivity index (χ0n) is 11.5. The highest BCUT2D eigenvalue weighted by Gasteiger charge is 2.19. The summed E-state index contributed by atoms with van der Waals surface area (Å²) in [4.78, 5) is 13.0. The Labute approximate surface area is 119 Å². The van der Waals surface area contributed by atoms with Crippen LogP contribution in [-0.2, 0) is 11.3 Å². The molecule has 1 aliphatic heterocycles. The van der Waals surface area contributed by atoms with Crippen molar-refractivity contribution in [3.05, 3.63) is 35.4 Å². The van der Waals surface area contributed by atoms with E-state index in [2.05, 4.69) is 16.3 Å². The predicted molar refractivity (Wildman–Crippen MR) is 76.7 cm³/mol. The Hall–Kier alpha value is -1.90. The van der Waals surface area contributed by atoms with Crippen LogP contribution < -0.4 is 11.1 Å². The number of nitrogens with one attached hydrogen (secondary N) is 1. The van der Waals surface area contributed by atoms with Crippen molar-refractivity contribution in [2.24, 2.45) is 5.73 Å². The standard InChI is InChI=1S/C15H20N4O/c16-9-12-1-3-13(4-2-12)10-18-14-5-7-19(8-6-14)11-15(17)20/h1-4,14,18H,5-8,10-11H2,(H2,17,20). The number of piperidine rings is 1. The first-order chi connectivity index (χ1) is 9.67. The number of carbonyl (C=O) groups is 1. The number of hydrogen-bond donors (Lipinski definition) is 2. The molecule has 1 aromatic rings. The molecule has 3 N–H and O–H groups in total. The Kier molecular flexibility index (Phi) is 5.10. The second kappa shape index (κ2) is 7.04. The van der Waals surface area contributed by atoms with E-state index < -0.39 is 0 Å². The average Bonchev–Trinajstić information content (AvgIpc) is 2.46. The molecule has 1 aromatic carbocycles. The van der Waals surface area contributed by atoms with E-state index in [1.807, 2.05) is 24.3 Å². The number of benzene rings is 1. The van der Waals surface area contributed by atoms with Crippen molar-refractivity contribution in [2.45, 2.75) is 25.4 Å². The fourth-order valence-corrected chi connectivity index (χ4v) is 2.47. The van der Waals surface area contributed by atoms with Crippen LogP contribution in [0.15, 0.2) is 24.3 Å². The summed E-state index contributed by atoms with van der Waals surface area (Å²) in [7, 11) is 0. The lowest BCUT2D eigenvalue weighted by Crippen LogP contribution is -2.45. The number of primary amides is 1. The van der Waals surface area contributed by atoms with E-state index >= 15 is 0 Å².